The molecule has 3 heteroatoms. The third-order valence-corrected chi connectivity index (χ3v) is 5.84. The number of carbonyl (C=O) groups is 1. The maximum atomic E-state index is 11.8. The number of hydrogen-bond acceptors (Lipinski definition) is 2. The Labute approximate surface area is 177 Å². The van der Waals surface area contributed by atoms with Gasteiger partial charge in [-0.2, -0.15) is 0 Å². The van der Waals surface area contributed by atoms with E-state index in [0.717, 1.165) is 32.5 Å². The molecule has 0 spiro atoms. The van der Waals surface area contributed by atoms with E-state index in [4.69, 9.17) is 0 Å². The minimum absolute atomic E-state index is 0.249. The number of unbranched alkanes of at least 4 members (excludes halogenated alkanes) is 15. The number of rotatable bonds is 22. The lowest BCUT2D eigenvalue weighted by atomic mass is 10.0. The van der Waals surface area contributed by atoms with Crippen LogP contribution in [0.15, 0.2) is 0 Å². The van der Waals surface area contributed by atoms with Crippen molar-refractivity contribution in [3.05, 3.63) is 0 Å². The fourth-order valence-corrected chi connectivity index (χ4v) is 3.64. The van der Waals surface area contributed by atoms with Gasteiger partial charge in [-0.05, 0) is 39.4 Å². The Morgan fingerprint density at radius 3 is 1.57 bits per heavy atom. The van der Waals surface area contributed by atoms with Gasteiger partial charge in [-0.15, -0.1) is 0 Å². The maximum Gasteiger partial charge on any atom is 0.219 e. The summed E-state index contributed by atoms with van der Waals surface area (Å²) in [6, 6.07) is 0. The van der Waals surface area contributed by atoms with Crippen LogP contribution in [0.25, 0.3) is 0 Å². The Morgan fingerprint density at radius 2 is 1.11 bits per heavy atom. The van der Waals surface area contributed by atoms with Crippen LogP contribution in [0, 0.1) is 0 Å². The van der Waals surface area contributed by atoms with Crippen LogP contribution in [0.3, 0.4) is 0 Å². The molecule has 0 aromatic carbocycles. The lowest BCUT2D eigenvalue weighted by Crippen LogP contribution is -2.25. The van der Waals surface area contributed by atoms with E-state index in [1.54, 1.807) is 0 Å². The molecule has 0 aliphatic rings. The van der Waals surface area contributed by atoms with Gasteiger partial charge in [0, 0.05) is 13.0 Å². The van der Waals surface area contributed by atoms with E-state index in [-0.39, 0.29) is 5.91 Å². The largest absolute Gasteiger partial charge is 0.356 e. The molecule has 0 heterocycles. The van der Waals surface area contributed by atoms with Crippen LogP contribution in [-0.4, -0.2) is 37.5 Å². The average molecular weight is 397 g/mol. The van der Waals surface area contributed by atoms with Gasteiger partial charge in [0.2, 0.25) is 5.91 Å². The Hall–Kier alpha value is -0.570. The normalized spacial score (nSPS) is 11.3. The lowest BCUT2D eigenvalue weighted by molar-refractivity contribution is -0.121. The minimum Gasteiger partial charge on any atom is -0.356 e. The summed E-state index contributed by atoms with van der Waals surface area (Å²) in [5.74, 6) is 0.249. The molecular formula is C25H52N2O. The zero-order chi connectivity index (χ0) is 20.7. The first-order valence-corrected chi connectivity index (χ1v) is 12.7. The third kappa shape index (κ3) is 21.7. The zero-order valence-corrected chi connectivity index (χ0v) is 19.7. The standard InChI is InChI=1S/C25H52N2O/c1-4-6-7-8-9-10-11-12-13-14-15-16-17-18-19-22-25(28)26-23-20-21-24-27(3)5-2/h4-24H2,1-3H3,(H,26,28). The smallest absolute Gasteiger partial charge is 0.219 e. The van der Waals surface area contributed by atoms with Crippen molar-refractivity contribution in [2.75, 3.05) is 26.7 Å². The minimum atomic E-state index is 0.249. The van der Waals surface area contributed by atoms with Gasteiger partial charge in [-0.3, -0.25) is 4.79 Å². The van der Waals surface area contributed by atoms with Gasteiger partial charge in [-0.25, -0.2) is 0 Å². The molecule has 0 aliphatic carbocycles. The predicted octanol–water partition coefficient (Wildman–Crippen LogP) is 7.10. The highest BCUT2D eigenvalue weighted by molar-refractivity contribution is 5.75. The van der Waals surface area contributed by atoms with Crippen LogP contribution >= 0.6 is 0 Å². The highest BCUT2D eigenvalue weighted by atomic mass is 16.1. The second-order valence-corrected chi connectivity index (χ2v) is 8.65. The topological polar surface area (TPSA) is 32.3 Å². The molecule has 1 N–H and O–H groups in total. The summed E-state index contributed by atoms with van der Waals surface area (Å²) < 4.78 is 0. The van der Waals surface area contributed by atoms with E-state index >= 15 is 0 Å². The molecule has 0 unspecified atom stereocenters. The van der Waals surface area contributed by atoms with Crippen molar-refractivity contribution >= 4 is 5.91 Å². The van der Waals surface area contributed by atoms with Crippen molar-refractivity contribution in [1.82, 2.24) is 10.2 Å². The molecule has 0 fully saturated rings. The molecule has 0 atom stereocenters. The van der Waals surface area contributed by atoms with Gasteiger partial charge in [-0.1, -0.05) is 104 Å². The van der Waals surface area contributed by atoms with Crippen LogP contribution in [0.1, 0.15) is 129 Å². The van der Waals surface area contributed by atoms with Crippen LogP contribution in [0.5, 0.6) is 0 Å². The van der Waals surface area contributed by atoms with E-state index in [0.29, 0.717) is 6.42 Å². The average Bonchev–Trinajstić information content (AvgIpc) is 2.70. The van der Waals surface area contributed by atoms with E-state index in [2.05, 4.69) is 31.1 Å². The molecular weight excluding hydrogens is 344 g/mol. The van der Waals surface area contributed by atoms with E-state index in [1.165, 1.54) is 96.3 Å². The van der Waals surface area contributed by atoms with Crippen LogP contribution in [0.2, 0.25) is 0 Å². The molecule has 0 aromatic rings. The Bertz CT molecular complexity index is 320. The second-order valence-electron chi connectivity index (χ2n) is 8.65. The summed E-state index contributed by atoms with van der Waals surface area (Å²) in [6.07, 6.45) is 23.5. The zero-order valence-electron chi connectivity index (χ0n) is 19.7. The van der Waals surface area contributed by atoms with Crippen LogP contribution in [0.4, 0.5) is 0 Å². The SMILES string of the molecule is CCCCCCCCCCCCCCCCCC(=O)NCCCCN(C)CC. The van der Waals surface area contributed by atoms with Crippen molar-refractivity contribution in [3.8, 4) is 0 Å². The van der Waals surface area contributed by atoms with E-state index in [9.17, 15) is 4.79 Å². The van der Waals surface area contributed by atoms with Crippen LogP contribution in [-0.2, 0) is 4.79 Å². The van der Waals surface area contributed by atoms with Gasteiger partial charge >= 0.3 is 0 Å². The molecule has 0 saturated carbocycles. The summed E-state index contributed by atoms with van der Waals surface area (Å²) in [6.45, 7) is 7.54. The predicted molar refractivity (Wildman–Crippen MR) is 125 cm³/mol. The fourth-order valence-electron chi connectivity index (χ4n) is 3.64. The Balaban J connectivity index is 3.15. The number of nitrogens with one attached hydrogen (secondary N) is 1. The number of amides is 1. The first-order chi connectivity index (χ1) is 13.7. The fraction of sp³-hybridized carbons (Fsp3) is 0.960. The van der Waals surface area contributed by atoms with E-state index < -0.39 is 0 Å². The molecule has 28 heavy (non-hydrogen) atoms. The highest BCUT2D eigenvalue weighted by Crippen LogP contribution is 2.13. The molecule has 0 saturated heterocycles. The maximum absolute atomic E-state index is 11.8. The number of nitrogens with zero attached hydrogens (tertiary/aromatic N) is 1. The highest BCUT2D eigenvalue weighted by Gasteiger charge is 2.01. The summed E-state index contributed by atoms with van der Waals surface area (Å²) >= 11 is 0. The second kappa shape index (κ2) is 22.7. The van der Waals surface area contributed by atoms with Gasteiger partial charge in [0.1, 0.15) is 0 Å². The molecule has 0 radical (unpaired) electrons. The third-order valence-electron chi connectivity index (χ3n) is 5.84. The van der Waals surface area contributed by atoms with Gasteiger partial charge in [0.05, 0.1) is 0 Å². The number of hydrogen-bond donors (Lipinski definition) is 1. The number of carbonyl (C=O) groups excluding carboxylic acids is 1. The molecule has 0 aromatic heterocycles. The van der Waals surface area contributed by atoms with Crippen molar-refractivity contribution in [3.63, 3.8) is 0 Å². The Morgan fingerprint density at radius 1 is 0.643 bits per heavy atom. The monoisotopic (exact) mass is 396 g/mol. The summed E-state index contributed by atoms with van der Waals surface area (Å²) in [5.41, 5.74) is 0. The molecule has 1 amide bonds. The first kappa shape index (κ1) is 27.4. The van der Waals surface area contributed by atoms with Crippen molar-refractivity contribution in [1.29, 1.82) is 0 Å². The summed E-state index contributed by atoms with van der Waals surface area (Å²) in [5, 5.41) is 3.07. The quantitative estimate of drug-likeness (QED) is 0.198. The van der Waals surface area contributed by atoms with Gasteiger partial charge in [0.15, 0.2) is 0 Å². The van der Waals surface area contributed by atoms with Crippen molar-refractivity contribution in [2.45, 2.75) is 129 Å². The van der Waals surface area contributed by atoms with Gasteiger partial charge < -0.3 is 10.2 Å². The van der Waals surface area contributed by atoms with Crippen LogP contribution < -0.4 is 5.32 Å². The first-order valence-electron chi connectivity index (χ1n) is 12.7. The van der Waals surface area contributed by atoms with Crippen molar-refractivity contribution < 1.29 is 4.79 Å². The molecule has 0 aliphatic heterocycles. The molecule has 0 rings (SSSR count). The lowest BCUT2D eigenvalue weighted by Gasteiger charge is -2.13. The molecule has 168 valence electrons. The molecule has 3 nitrogen and oxygen atoms in total. The van der Waals surface area contributed by atoms with Crippen molar-refractivity contribution in [2.24, 2.45) is 0 Å². The van der Waals surface area contributed by atoms with Gasteiger partial charge in [0.25, 0.3) is 0 Å². The summed E-state index contributed by atoms with van der Waals surface area (Å²) in [4.78, 5) is 14.1. The summed E-state index contributed by atoms with van der Waals surface area (Å²) in [7, 11) is 2.15. The Kier molecular flexibility index (Phi) is 22.3. The molecule has 0 bridgehead atoms. The van der Waals surface area contributed by atoms with E-state index in [1.807, 2.05) is 0 Å².